The third-order valence-corrected chi connectivity index (χ3v) is 3.54. The number of hydrogen-bond donors (Lipinski definition) is 2. The molecule has 1 aromatic rings. The largest absolute Gasteiger partial charge is 0.416 e. The van der Waals surface area contributed by atoms with E-state index >= 15 is 0 Å². The van der Waals surface area contributed by atoms with Crippen molar-refractivity contribution in [1.82, 2.24) is 10.6 Å². The van der Waals surface area contributed by atoms with E-state index in [-0.39, 0.29) is 16.6 Å². The fraction of sp³-hybridized carbons (Fsp3) is 0.462. The first-order valence-electron chi connectivity index (χ1n) is 6.26. The van der Waals surface area contributed by atoms with E-state index in [2.05, 4.69) is 10.6 Å². The molecule has 20 heavy (non-hydrogen) atoms. The van der Waals surface area contributed by atoms with Crippen LogP contribution in [-0.4, -0.2) is 25.0 Å². The van der Waals surface area contributed by atoms with Crippen LogP contribution < -0.4 is 10.6 Å². The lowest BCUT2D eigenvalue weighted by Crippen LogP contribution is -2.37. The molecule has 1 aromatic carbocycles. The van der Waals surface area contributed by atoms with Gasteiger partial charge in [-0.2, -0.15) is 13.2 Å². The maximum atomic E-state index is 12.6. The highest BCUT2D eigenvalue weighted by Crippen LogP contribution is 2.31. The summed E-state index contributed by atoms with van der Waals surface area (Å²) in [4.78, 5) is 11.9. The van der Waals surface area contributed by atoms with E-state index in [1.54, 1.807) is 0 Å². The van der Waals surface area contributed by atoms with Crippen molar-refractivity contribution in [1.29, 1.82) is 0 Å². The van der Waals surface area contributed by atoms with E-state index in [4.69, 9.17) is 11.6 Å². The predicted octanol–water partition coefficient (Wildman–Crippen LogP) is 2.84. The molecule has 0 unspecified atom stereocenters. The highest BCUT2D eigenvalue weighted by atomic mass is 35.5. The summed E-state index contributed by atoms with van der Waals surface area (Å²) in [5.41, 5.74) is -1.04. The summed E-state index contributed by atoms with van der Waals surface area (Å²) in [5, 5.41) is 5.80. The Hall–Kier alpha value is -1.27. The van der Waals surface area contributed by atoms with Crippen molar-refractivity contribution >= 4 is 17.5 Å². The zero-order valence-corrected chi connectivity index (χ0v) is 11.3. The minimum Gasteiger partial charge on any atom is -0.350 e. The molecule has 0 bridgehead atoms. The molecule has 0 radical (unpaired) electrons. The van der Waals surface area contributed by atoms with Gasteiger partial charge in [-0.1, -0.05) is 11.6 Å². The lowest BCUT2D eigenvalue weighted by molar-refractivity contribution is -0.137. The van der Waals surface area contributed by atoms with Gasteiger partial charge in [0, 0.05) is 12.6 Å². The molecule has 1 heterocycles. The van der Waals surface area contributed by atoms with Crippen LogP contribution in [0.2, 0.25) is 5.02 Å². The molecule has 7 heteroatoms. The molecule has 2 rings (SSSR count). The van der Waals surface area contributed by atoms with E-state index in [9.17, 15) is 18.0 Å². The first-order chi connectivity index (χ1) is 9.38. The third kappa shape index (κ3) is 3.64. The Morgan fingerprint density at radius 1 is 1.45 bits per heavy atom. The van der Waals surface area contributed by atoms with Crippen molar-refractivity contribution < 1.29 is 18.0 Å². The summed E-state index contributed by atoms with van der Waals surface area (Å²) in [5.74, 6) is -0.588. The summed E-state index contributed by atoms with van der Waals surface area (Å²) in [7, 11) is 0. The molecular formula is C13H14ClF3N2O. The van der Waals surface area contributed by atoms with Gasteiger partial charge >= 0.3 is 6.18 Å². The molecule has 110 valence electrons. The number of amides is 1. The molecule has 1 amide bonds. The summed E-state index contributed by atoms with van der Waals surface area (Å²) in [6, 6.07) is 2.90. The zero-order chi connectivity index (χ0) is 14.8. The van der Waals surface area contributed by atoms with E-state index in [0.717, 1.165) is 37.6 Å². The van der Waals surface area contributed by atoms with Crippen molar-refractivity contribution in [2.24, 2.45) is 0 Å². The number of nitrogens with one attached hydrogen (secondary N) is 2. The first kappa shape index (κ1) is 15.1. The maximum absolute atomic E-state index is 12.6. The third-order valence-electron chi connectivity index (χ3n) is 3.21. The molecule has 1 aliphatic rings. The Balaban J connectivity index is 2.08. The summed E-state index contributed by atoms with van der Waals surface area (Å²) in [6.45, 7) is 1.27. The number of halogens is 4. The van der Waals surface area contributed by atoms with Gasteiger partial charge in [-0.3, -0.25) is 4.79 Å². The fourth-order valence-corrected chi connectivity index (χ4v) is 2.32. The number of carbonyl (C=O) groups excluding carboxylic acids is 1. The minimum atomic E-state index is -4.49. The van der Waals surface area contributed by atoms with Crippen LogP contribution in [0.1, 0.15) is 28.8 Å². The van der Waals surface area contributed by atoms with Crippen molar-refractivity contribution in [3.05, 3.63) is 34.3 Å². The molecule has 1 fully saturated rings. The zero-order valence-electron chi connectivity index (χ0n) is 10.6. The van der Waals surface area contributed by atoms with Gasteiger partial charge in [0.15, 0.2) is 0 Å². The van der Waals surface area contributed by atoms with Gasteiger partial charge in [-0.25, -0.2) is 0 Å². The average Bonchev–Trinajstić information content (AvgIpc) is 2.88. The van der Waals surface area contributed by atoms with Crippen molar-refractivity contribution in [3.63, 3.8) is 0 Å². The van der Waals surface area contributed by atoms with E-state index in [1.165, 1.54) is 0 Å². The predicted molar refractivity (Wildman–Crippen MR) is 69.8 cm³/mol. The topological polar surface area (TPSA) is 41.1 Å². The average molecular weight is 307 g/mol. The lowest BCUT2D eigenvalue weighted by atomic mass is 10.1. The van der Waals surface area contributed by atoms with E-state index in [0.29, 0.717) is 6.54 Å². The van der Waals surface area contributed by atoms with Crippen LogP contribution >= 0.6 is 11.6 Å². The Morgan fingerprint density at radius 3 is 2.80 bits per heavy atom. The van der Waals surface area contributed by atoms with Crippen molar-refractivity contribution in [3.8, 4) is 0 Å². The standard InChI is InChI=1S/C13H14ClF3N2O/c14-11-4-3-8(13(15,16)17)6-10(11)12(20)19-7-9-2-1-5-18-9/h3-4,6,9,18H,1-2,5,7H2,(H,19,20)/t9-/m0/s1. The summed E-state index contributed by atoms with van der Waals surface area (Å²) >= 11 is 5.79. The summed E-state index contributed by atoms with van der Waals surface area (Å²) < 4.78 is 37.8. The normalized spacial score (nSPS) is 19.1. The van der Waals surface area contributed by atoms with Crippen LogP contribution in [0, 0.1) is 0 Å². The molecule has 1 aliphatic heterocycles. The van der Waals surface area contributed by atoms with Crippen molar-refractivity contribution in [2.75, 3.05) is 13.1 Å². The second-order valence-corrected chi connectivity index (χ2v) is 5.10. The Bertz CT molecular complexity index is 499. The highest BCUT2D eigenvalue weighted by Gasteiger charge is 2.31. The second-order valence-electron chi connectivity index (χ2n) is 4.70. The van der Waals surface area contributed by atoms with Gasteiger partial charge in [0.25, 0.3) is 5.91 Å². The van der Waals surface area contributed by atoms with Crippen LogP contribution in [0.3, 0.4) is 0 Å². The molecule has 2 N–H and O–H groups in total. The minimum absolute atomic E-state index is 0.00915. The lowest BCUT2D eigenvalue weighted by Gasteiger charge is -2.13. The van der Waals surface area contributed by atoms with Crippen molar-refractivity contribution in [2.45, 2.75) is 25.1 Å². The van der Waals surface area contributed by atoms with Crippen LogP contribution in [0.15, 0.2) is 18.2 Å². The van der Waals surface area contributed by atoms with Gasteiger partial charge in [-0.15, -0.1) is 0 Å². The molecule has 3 nitrogen and oxygen atoms in total. The fourth-order valence-electron chi connectivity index (χ4n) is 2.12. The Labute approximate surface area is 119 Å². The SMILES string of the molecule is O=C(NC[C@@H]1CCCN1)c1cc(C(F)(F)F)ccc1Cl. The number of rotatable bonds is 3. The quantitative estimate of drug-likeness (QED) is 0.901. The number of alkyl halides is 3. The Morgan fingerprint density at radius 2 is 2.20 bits per heavy atom. The maximum Gasteiger partial charge on any atom is 0.416 e. The molecule has 1 saturated heterocycles. The van der Waals surface area contributed by atoms with Gasteiger partial charge in [0.05, 0.1) is 16.1 Å². The van der Waals surface area contributed by atoms with E-state index < -0.39 is 17.6 Å². The number of hydrogen-bond acceptors (Lipinski definition) is 2. The van der Waals surface area contributed by atoms with Crippen LogP contribution in [0.25, 0.3) is 0 Å². The van der Waals surface area contributed by atoms with E-state index in [1.807, 2.05) is 0 Å². The molecule has 0 aliphatic carbocycles. The van der Waals surface area contributed by atoms with Crippen LogP contribution in [0.5, 0.6) is 0 Å². The van der Waals surface area contributed by atoms with Gasteiger partial charge < -0.3 is 10.6 Å². The Kier molecular flexibility index (Phi) is 4.55. The number of benzene rings is 1. The molecule has 1 atom stereocenters. The van der Waals surface area contributed by atoms with Gasteiger partial charge in [-0.05, 0) is 37.6 Å². The van der Waals surface area contributed by atoms with Gasteiger partial charge in [0.2, 0.25) is 0 Å². The molecule has 0 spiro atoms. The monoisotopic (exact) mass is 306 g/mol. The second kappa shape index (κ2) is 6.01. The summed E-state index contributed by atoms with van der Waals surface area (Å²) in [6.07, 6.45) is -2.52. The first-order valence-corrected chi connectivity index (χ1v) is 6.64. The van der Waals surface area contributed by atoms with Gasteiger partial charge in [0.1, 0.15) is 0 Å². The highest BCUT2D eigenvalue weighted by molar-refractivity contribution is 6.33. The van der Waals surface area contributed by atoms with Crippen LogP contribution in [0.4, 0.5) is 13.2 Å². The van der Waals surface area contributed by atoms with Crippen LogP contribution in [-0.2, 0) is 6.18 Å². The molecule has 0 saturated carbocycles. The number of carbonyl (C=O) groups is 1. The molecule has 0 aromatic heterocycles. The smallest absolute Gasteiger partial charge is 0.350 e. The molecular weight excluding hydrogens is 293 g/mol.